The lowest BCUT2D eigenvalue weighted by Crippen LogP contribution is -2.03. The largest absolute Gasteiger partial charge is 0.476 e. The van der Waals surface area contributed by atoms with Crippen LogP contribution in [-0.2, 0) is 7.05 Å². The van der Waals surface area contributed by atoms with Crippen LogP contribution in [0.15, 0.2) is 4.60 Å². The van der Waals surface area contributed by atoms with Gasteiger partial charge in [-0.25, -0.2) is 4.79 Å². The summed E-state index contributed by atoms with van der Waals surface area (Å²) in [6.45, 7) is 3.88. The summed E-state index contributed by atoms with van der Waals surface area (Å²) in [6.07, 6.45) is 0. The average Bonchev–Trinajstić information content (AvgIpc) is 2.28. The molecule has 0 fully saturated rings. The Labute approximate surface area is 84.7 Å². The monoisotopic (exact) mass is 246 g/mol. The number of carbonyl (C=O) groups is 1. The molecule has 1 N–H and O–H groups in total. The lowest BCUT2D eigenvalue weighted by molar-refractivity contribution is 0.0688. The third kappa shape index (κ3) is 1.75. The van der Waals surface area contributed by atoms with Crippen LogP contribution < -0.4 is 0 Å². The number of aryl methyl sites for hydroxylation is 1. The van der Waals surface area contributed by atoms with Gasteiger partial charge in [0.05, 0.1) is 0 Å². The van der Waals surface area contributed by atoms with Gasteiger partial charge in [-0.15, -0.1) is 0 Å². The molecule has 0 bridgehead atoms. The minimum atomic E-state index is -0.981. The van der Waals surface area contributed by atoms with Crippen molar-refractivity contribution in [1.29, 1.82) is 0 Å². The smallest absolute Gasteiger partial charge is 0.356 e. The molecule has 0 aliphatic heterocycles. The van der Waals surface area contributed by atoms with Gasteiger partial charge in [-0.3, -0.25) is 4.68 Å². The van der Waals surface area contributed by atoms with Gasteiger partial charge in [-0.2, -0.15) is 5.10 Å². The van der Waals surface area contributed by atoms with E-state index in [9.17, 15) is 4.79 Å². The number of hydrogen-bond donors (Lipinski definition) is 1. The second kappa shape index (κ2) is 3.49. The van der Waals surface area contributed by atoms with Crippen molar-refractivity contribution in [3.8, 4) is 0 Å². The zero-order valence-corrected chi connectivity index (χ0v) is 9.29. The second-order valence-electron chi connectivity index (χ2n) is 3.14. The molecule has 0 saturated heterocycles. The third-order valence-corrected chi connectivity index (χ3v) is 2.73. The summed E-state index contributed by atoms with van der Waals surface area (Å²) in [5, 5.41) is 12.8. The number of nitrogens with zero attached hydrogens (tertiary/aromatic N) is 2. The number of halogens is 1. The van der Waals surface area contributed by atoms with Gasteiger partial charge in [0.15, 0.2) is 5.69 Å². The lowest BCUT2D eigenvalue weighted by atomic mass is 10.0. The van der Waals surface area contributed by atoms with E-state index in [1.165, 1.54) is 4.68 Å². The van der Waals surface area contributed by atoms with Gasteiger partial charge in [-0.1, -0.05) is 13.8 Å². The maximum atomic E-state index is 10.8. The fourth-order valence-corrected chi connectivity index (χ4v) is 1.91. The Bertz CT molecular complexity index is 344. The van der Waals surface area contributed by atoms with Gasteiger partial charge in [-0.05, 0) is 21.8 Å². The van der Waals surface area contributed by atoms with E-state index in [0.29, 0.717) is 0 Å². The standard InChI is InChI=1S/C8H11BrN2O2/c1-4(2)5-6(8(12)13)10-11(3)7(5)9/h4H,1-3H3,(H,12,13). The van der Waals surface area contributed by atoms with Crippen molar-refractivity contribution in [2.24, 2.45) is 7.05 Å². The van der Waals surface area contributed by atoms with E-state index in [2.05, 4.69) is 21.0 Å². The van der Waals surface area contributed by atoms with Gasteiger partial charge in [0.25, 0.3) is 0 Å². The molecule has 13 heavy (non-hydrogen) atoms. The third-order valence-electron chi connectivity index (χ3n) is 1.79. The SMILES string of the molecule is CC(C)c1c(C(=O)O)nn(C)c1Br. The summed E-state index contributed by atoms with van der Waals surface area (Å²) < 4.78 is 2.26. The molecule has 72 valence electrons. The summed E-state index contributed by atoms with van der Waals surface area (Å²) >= 11 is 3.31. The van der Waals surface area contributed by atoms with E-state index < -0.39 is 5.97 Å². The Morgan fingerprint density at radius 1 is 1.62 bits per heavy atom. The molecular weight excluding hydrogens is 236 g/mol. The van der Waals surface area contributed by atoms with E-state index in [0.717, 1.165) is 10.2 Å². The van der Waals surface area contributed by atoms with E-state index in [4.69, 9.17) is 5.11 Å². The van der Waals surface area contributed by atoms with Crippen LogP contribution in [0, 0.1) is 0 Å². The highest BCUT2D eigenvalue weighted by molar-refractivity contribution is 9.10. The highest BCUT2D eigenvalue weighted by Gasteiger charge is 2.21. The summed E-state index contributed by atoms with van der Waals surface area (Å²) in [5.41, 5.74) is 0.874. The molecule has 1 rings (SSSR count). The first-order chi connectivity index (χ1) is 5.95. The van der Waals surface area contributed by atoms with Crippen molar-refractivity contribution in [3.05, 3.63) is 15.9 Å². The molecule has 1 heterocycles. The zero-order valence-electron chi connectivity index (χ0n) is 7.71. The van der Waals surface area contributed by atoms with Crippen LogP contribution in [0.25, 0.3) is 0 Å². The number of rotatable bonds is 2. The molecule has 0 spiro atoms. The molecular formula is C8H11BrN2O2. The predicted octanol–water partition coefficient (Wildman–Crippen LogP) is 2.00. The number of carboxylic acid groups (broad SMARTS) is 1. The Kier molecular flexibility index (Phi) is 2.75. The van der Waals surface area contributed by atoms with E-state index in [1.807, 2.05) is 13.8 Å². The minimum Gasteiger partial charge on any atom is -0.476 e. The minimum absolute atomic E-state index is 0.129. The lowest BCUT2D eigenvalue weighted by Gasteiger charge is -2.03. The Balaban J connectivity index is 3.35. The fourth-order valence-electron chi connectivity index (χ4n) is 1.19. The maximum absolute atomic E-state index is 10.8. The highest BCUT2D eigenvalue weighted by atomic mass is 79.9. The molecule has 1 aromatic rings. The highest BCUT2D eigenvalue weighted by Crippen LogP contribution is 2.27. The molecule has 0 aliphatic carbocycles. The molecule has 5 heteroatoms. The van der Waals surface area contributed by atoms with Crippen molar-refractivity contribution >= 4 is 21.9 Å². The van der Waals surface area contributed by atoms with Crippen molar-refractivity contribution in [2.45, 2.75) is 19.8 Å². The zero-order chi connectivity index (χ0) is 10.2. The normalized spacial score (nSPS) is 10.8. The molecule has 0 radical (unpaired) electrons. The van der Waals surface area contributed by atoms with Crippen LogP contribution in [0.2, 0.25) is 0 Å². The van der Waals surface area contributed by atoms with Gasteiger partial charge >= 0.3 is 5.97 Å². The molecule has 0 aliphatic rings. The van der Waals surface area contributed by atoms with Crippen molar-refractivity contribution in [1.82, 2.24) is 9.78 Å². The predicted molar refractivity (Wildman–Crippen MR) is 52.0 cm³/mol. The molecule has 0 aromatic carbocycles. The molecule has 0 unspecified atom stereocenters. The molecule has 0 atom stereocenters. The first kappa shape index (κ1) is 10.2. The van der Waals surface area contributed by atoms with Crippen molar-refractivity contribution in [3.63, 3.8) is 0 Å². The van der Waals surface area contributed by atoms with Gasteiger partial charge in [0, 0.05) is 12.6 Å². The van der Waals surface area contributed by atoms with Crippen LogP contribution in [0.3, 0.4) is 0 Å². The van der Waals surface area contributed by atoms with Crippen LogP contribution in [0.5, 0.6) is 0 Å². The van der Waals surface area contributed by atoms with Gasteiger partial charge in [0.2, 0.25) is 0 Å². The Hall–Kier alpha value is -0.840. The first-order valence-electron chi connectivity index (χ1n) is 3.90. The summed E-state index contributed by atoms with van der Waals surface area (Å²) in [7, 11) is 1.71. The number of hydrogen-bond acceptors (Lipinski definition) is 2. The Morgan fingerprint density at radius 2 is 2.15 bits per heavy atom. The van der Waals surface area contributed by atoms with Crippen LogP contribution in [-0.4, -0.2) is 20.9 Å². The number of carboxylic acids is 1. The number of aromatic nitrogens is 2. The van der Waals surface area contributed by atoms with Gasteiger partial charge < -0.3 is 5.11 Å². The number of aromatic carboxylic acids is 1. The first-order valence-corrected chi connectivity index (χ1v) is 4.70. The van der Waals surface area contributed by atoms with E-state index in [-0.39, 0.29) is 11.6 Å². The summed E-state index contributed by atoms with van der Waals surface area (Å²) in [4.78, 5) is 10.8. The molecule has 1 aromatic heterocycles. The van der Waals surface area contributed by atoms with Crippen molar-refractivity contribution in [2.75, 3.05) is 0 Å². The molecule has 4 nitrogen and oxygen atoms in total. The molecule has 0 amide bonds. The quantitative estimate of drug-likeness (QED) is 0.869. The summed E-state index contributed by atoms with van der Waals surface area (Å²) in [6, 6.07) is 0. The Morgan fingerprint density at radius 3 is 2.46 bits per heavy atom. The summed E-state index contributed by atoms with van der Waals surface area (Å²) in [5.74, 6) is -0.834. The maximum Gasteiger partial charge on any atom is 0.356 e. The fraction of sp³-hybridized carbons (Fsp3) is 0.500. The van der Waals surface area contributed by atoms with Crippen LogP contribution >= 0.6 is 15.9 Å². The van der Waals surface area contributed by atoms with Crippen molar-refractivity contribution < 1.29 is 9.90 Å². The van der Waals surface area contributed by atoms with Crippen LogP contribution in [0.4, 0.5) is 0 Å². The topological polar surface area (TPSA) is 55.1 Å². The van der Waals surface area contributed by atoms with E-state index >= 15 is 0 Å². The molecule has 0 saturated carbocycles. The second-order valence-corrected chi connectivity index (χ2v) is 3.89. The van der Waals surface area contributed by atoms with Gasteiger partial charge in [0.1, 0.15) is 4.60 Å². The van der Waals surface area contributed by atoms with Crippen LogP contribution in [0.1, 0.15) is 35.8 Å². The van der Waals surface area contributed by atoms with E-state index in [1.54, 1.807) is 7.05 Å². The average molecular weight is 247 g/mol.